The molecule has 20 heavy (non-hydrogen) atoms. The maximum atomic E-state index is 5.86. The lowest BCUT2D eigenvalue weighted by atomic mass is 9.87. The van der Waals surface area contributed by atoms with Crippen molar-refractivity contribution >= 4 is 11.5 Å². The lowest BCUT2D eigenvalue weighted by molar-refractivity contribution is 0.525. The highest BCUT2D eigenvalue weighted by Crippen LogP contribution is 2.35. The minimum Gasteiger partial charge on any atom is -0.271 e. The van der Waals surface area contributed by atoms with Crippen LogP contribution in [-0.2, 0) is 5.41 Å². The van der Waals surface area contributed by atoms with Crippen LogP contribution in [0.15, 0.2) is 11.6 Å². The highest BCUT2D eigenvalue weighted by Gasteiger charge is 2.28. The molecule has 5 heteroatoms. The fraction of sp³-hybridized carbons (Fsp3) is 0.733. The normalized spacial score (nSPS) is 19.1. The third kappa shape index (κ3) is 3.65. The second-order valence-electron chi connectivity index (χ2n) is 6.57. The Hall–Kier alpha value is -0.780. The molecule has 1 aliphatic carbocycles. The zero-order valence-corrected chi connectivity index (χ0v) is 13.6. The molecule has 1 aromatic heterocycles. The molecule has 1 atom stereocenters. The van der Waals surface area contributed by atoms with Crippen molar-refractivity contribution in [3.8, 4) is 0 Å². The monoisotopic (exact) mass is 294 g/mol. The Morgan fingerprint density at radius 2 is 2.00 bits per heavy atom. The summed E-state index contributed by atoms with van der Waals surface area (Å²) in [5.74, 6) is 5.86. The van der Waals surface area contributed by atoms with Crippen LogP contribution in [0.4, 0.5) is 0 Å². The van der Waals surface area contributed by atoms with Crippen molar-refractivity contribution in [1.82, 2.24) is 15.0 Å². The van der Waals surface area contributed by atoms with E-state index in [9.17, 15) is 0 Å². The first-order chi connectivity index (χ1) is 9.54. The van der Waals surface area contributed by atoms with Crippen LogP contribution in [-0.4, -0.2) is 9.59 Å². The van der Waals surface area contributed by atoms with E-state index in [0.717, 1.165) is 18.5 Å². The van der Waals surface area contributed by atoms with Gasteiger partial charge in [-0.1, -0.05) is 49.8 Å². The van der Waals surface area contributed by atoms with Crippen LogP contribution in [0, 0.1) is 0 Å². The molecule has 0 spiro atoms. The standard InChI is InChI=1S/C15H26N4S/c1-15(2,3)14-13(20-19-18-14)12(17-16)11-9-7-5-4-6-8-10-11/h9,12,17H,4-8,10,16H2,1-3H3. The topological polar surface area (TPSA) is 63.8 Å². The third-order valence-electron chi connectivity index (χ3n) is 3.85. The number of nitrogens with one attached hydrogen (secondary N) is 1. The van der Waals surface area contributed by atoms with E-state index in [4.69, 9.17) is 5.84 Å². The highest BCUT2D eigenvalue weighted by molar-refractivity contribution is 7.05. The summed E-state index contributed by atoms with van der Waals surface area (Å²) in [5.41, 5.74) is 5.47. The van der Waals surface area contributed by atoms with Crippen LogP contribution in [0.2, 0.25) is 0 Å². The van der Waals surface area contributed by atoms with Crippen LogP contribution < -0.4 is 11.3 Å². The van der Waals surface area contributed by atoms with Gasteiger partial charge in [-0.15, -0.1) is 5.10 Å². The van der Waals surface area contributed by atoms with Gasteiger partial charge in [0.1, 0.15) is 0 Å². The molecule has 1 aliphatic rings. The molecule has 0 saturated heterocycles. The fourth-order valence-corrected chi connectivity index (χ4v) is 3.71. The van der Waals surface area contributed by atoms with E-state index in [1.54, 1.807) is 0 Å². The molecule has 1 aromatic rings. The van der Waals surface area contributed by atoms with E-state index in [1.165, 1.54) is 47.7 Å². The molecule has 0 aromatic carbocycles. The second-order valence-corrected chi connectivity index (χ2v) is 7.35. The Labute approximate surface area is 126 Å². The van der Waals surface area contributed by atoms with Gasteiger partial charge in [-0.2, -0.15) is 0 Å². The van der Waals surface area contributed by atoms with Crippen molar-refractivity contribution in [2.75, 3.05) is 0 Å². The van der Waals surface area contributed by atoms with Crippen molar-refractivity contribution in [3.63, 3.8) is 0 Å². The first-order valence-corrected chi connectivity index (χ1v) is 8.29. The van der Waals surface area contributed by atoms with Gasteiger partial charge in [0, 0.05) is 5.41 Å². The number of aromatic nitrogens is 2. The molecule has 0 saturated carbocycles. The van der Waals surface area contributed by atoms with E-state index < -0.39 is 0 Å². The van der Waals surface area contributed by atoms with E-state index in [2.05, 4.69) is 41.9 Å². The van der Waals surface area contributed by atoms with E-state index in [0.29, 0.717) is 0 Å². The Morgan fingerprint density at radius 1 is 1.25 bits per heavy atom. The van der Waals surface area contributed by atoms with E-state index in [-0.39, 0.29) is 11.5 Å². The quantitative estimate of drug-likeness (QED) is 0.508. The first-order valence-electron chi connectivity index (χ1n) is 7.52. The van der Waals surface area contributed by atoms with E-state index >= 15 is 0 Å². The van der Waals surface area contributed by atoms with Gasteiger partial charge in [-0.3, -0.25) is 5.84 Å². The molecule has 1 unspecified atom stereocenters. The summed E-state index contributed by atoms with van der Waals surface area (Å²) in [6.07, 6.45) is 9.85. The second kappa shape index (κ2) is 6.78. The summed E-state index contributed by atoms with van der Waals surface area (Å²) in [6.45, 7) is 6.52. The molecule has 0 bridgehead atoms. The number of hydrazine groups is 1. The van der Waals surface area contributed by atoms with Crippen LogP contribution in [0.25, 0.3) is 0 Å². The summed E-state index contributed by atoms with van der Waals surface area (Å²) in [4.78, 5) is 1.17. The van der Waals surface area contributed by atoms with Crippen molar-refractivity contribution < 1.29 is 0 Å². The molecule has 0 radical (unpaired) electrons. The minimum absolute atomic E-state index is 0.000385. The number of hydrogen-bond donors (Lipinski definition) is 2. The van der Waals surface area contributed by atoms with Gasteiger partial charge < -0.3 is 0 Å². The number of hydrogen-bond acceptors (Lipinski definition) is 5. The average molecular weight is 294 g/mol. The molecule has 4 nitrogen and oxygen atoms in total. The zero-order chi connectivity index (χ0) is 14.6. The fourth-order valence-electron chi connectivity index (χ4n) is 2.74. The third-order valence-corrected chi connectivity index (χ3v) is 4.64. The lowest BCUT2D eigenvalue weighted by Crippen LogP contribution is -2.31. The molecule has 112 valence electrons. The minimum atomic E-state index is -0.000385. The van der Waals surface area contributed by atoms with Gasteiger partial charge >= 0.3 is 0 Å². The van der Waals surface area contributed by atoms with E-state index in [1.807, 2.05) is 0 Å². The van der Waals surface area contributed by atoms with Gasteiger partial charge in [0.2, 0.25) is 0 Å². The maximum Gasteiger partial charge on any atom is 0.0861 e. The number of rotatable bonds is 3. The van der Waals surface area contributed by atoms with Gasteiger partial charge in [-0.25, -0.2) is 5.43 Å². The smallest absolute Gasteiger partial charge is 0.0861 e. The van der Waals surface area contributed by atoms with Crippen LogP contribution in [0.1, 0.15) is 75.9 Å². The Kier molecular flexibility index (Phi) is 5.29. The number of nitrogens with two attached hydrogens (primary N) is 1. The first kappa shape index (κ1) is 15.6. The molecular formula is C15H26N4S. The van der Waals surface area contributed by atoms with Gasteiger partial charge in [-0.05, 0) is 37.2 Å². The highest BCUT2D eigenvalue weighted by atomic mass is 32.1. The summed E-state index contributed by atoms with van der Waals surface area (Å²) in [6, 6.07) is 0.0716. The predicted molar refractivity (Wildman–Crippen MR) is 84.5 cm³/mol. The van der Waals surface area contributed by atoms with Crippen molar-refractivity contribution in [1.29, 1.82) is 0 Å². The molecule has 2 rings (SSSR count). The molecule has 1 heterocycles. The number of nitrogens with zero attached hydrogens (tertiary/aromatic N) is 2. The largest absolute Gasteiger partial charge is 0.271 e. The molecule has 0 fully saturated rings. The van der Waals surface area contributed by atoms with Crippen LogP contribution in [0.5, 0.6) is 0 Å². The predicted octanol–water partition coefficient (Wildman–Crippen LogP) is 3.62. The molecule has 3 N–H and O–H groups in total. The summed E-state index contributed by atoms with van der Waals surface area (Å²) < 4.78 is 4.16. The van der Waals surface area contributed by atoms with Crippen LogP contribution >= 0.6 is 11.5 Å². The molecule has 0 aliphatic heterocycles. The summed E-state index contributed by atoms with van der Waals surface area (Å²) in [7, 11) is 0. The average Bonchev–Trinajstić information content (AvgIpc) is 2.81. The van der Waals surface area contributed by atoms with Gasteiger partial charge in [0.25, 0.3) is 0 Å². The van der Waals surface area contributed by atoms with Crippen molar-refractivity contribution in [3.05, 3.63) is 22.2 Å². The van der Waals surface area contributed by atoms with Crippen molar-refractivity contribution in [2.45, 2.75) is 70.8 Å². The number of allylic oxidation sites excluding steroid dienone is 1. The summed E-state index contributed by atoms with van der Waals surface area (Å²) in [5, 5.41) is 4.34. The molecular weight excluding hydrogens is 268 g/mol. The zero-order valence-electron chi connectivity index (χ0n) is 12.8. The van der Waals surface area contributed by atoms with Crippen molar-refractivity contribution in [2.24, 2.45) is 5.84 Å². The van der Waals surface area contributed by atoms with Gasteiger partial charge in [0.15, 0.2) is 0 Å². The summed E-state index contributed by atoms with van der Waals surface area (Å²) >= 11 is 1.47. The Balaban J connectivity index is 2.30. The maximum absolute atomic E-state index is 5.86. The molecule has 0 amide bonds. The lowest BCUT2D eigenvalue weighted by Gasteiger charge is -2.24. The SMILES string of the molecule is CC(C)(C)c1nnsc1C(NN)C1=CCCCCCC1. The Morgan fingerprint density at radius 3 is 2.70 bits per heavy atom. The van der Waals surface area contributed by atoms with Gasteiger partial charge in [0.05, 0.1) is 16.6 Å². The van der Waals surface area contributed by atoms with Crippen LogP contribution in [0.3, 0.4) is 0 Å². The Bertz CT molecular complexity index is 459.